The smallest absolute Gasteiger partial charge is 0.223 e. The molecule has 5 rings (SSSR count). The topological polar surface area (TPSA) is 91.1 Å². The molecular weight excluding hydrogens is 390 g/mol. The van der Waals surface area contributed by atoms with Crippen molar-refractivity contribution < 1.29 is 9.53 Å². The van der Waals surface area contributed by atoms with Crippen molar-refractivity contribution in [3.05, 3.63) is 59.4 Å². The third-order valence-electron chi connectivity index (χ3n) is 5.57. The molecule has 7 heteroatoms. The molecule has 3 aromatic rings. The molecule has 2 aliphatic heterocycles. The average Bonchev–Trinajstić information content (AvgIpc) is 2.83. The van der Waals surface area contributed by atoms with E-state index in [1.807, 2.05) is 6.07 Å². The summed E-state index contributed by atoms with van der Waals surface area (Å²) in [7, 11) is 0. The summed E-state index contributed by atoms with van der Waals surface area (Å²) >= 11 is 0. The van der Waals surface area contributed by atoms with Crippen molar-refractivity contribution in [3.63, 3.8) is 0 Å². The fourth-order valence-corrected chi connectivity index (χ4v) is 4.19. The molecular formula is C24H25N5O2. The van der Waals surface area contributed by atoms with Crippen LogP contribution in [0.25, 0.3) is 10.8 Å². The van der Waals surface area contributed by atoms with Crippen molar-refractivity contribution in [3.8, 4) is 11.9 Å². The highest BCUT2D eigenvalue weighted by Crippen LogP contribution is 2.39. The molecule has 0 saturated carbocycles. The van der Waals surface area contributed by atoms with E-state index in [1.165, 1.54) is 23.3 Å². The van der Waals surface area contributed by atoms with Crippen LogP contribution in [0.5, 0.6) is 5.88 Å². The molecule has 0 amide bonds. The minimum absolute atomic E-state index is 0.0797. The van der Waals surface area contributed by atoms with Crippen LogP contribution in [0.3, 0.4) is 0 Å². The van der Waals surface area contributed by atoms with Crippen molar-refractivity contribution in [1.29, 1.82) is 5.26 Å². The first-order chi connectivity index (χ1) is 15.2. The Balaban J connectivity index is 0.000000730. The monoisotopic (exact) mass is 415 g/mol. The van der Waals surface area contributed by atoms with Crippen molar-refractivity contribution in [2.75, 3.05) is 31.1 Å². The summed E-state index contributed by atoms with van der Waals surface area (Å²) in [5.41, 5.74) is 2.18. The second-order valence-electron chi connectivity index (χ2n) is 7.48. The normalized spacial score (nSPS) is 17.5. The lowest BCUT2D eigenvalue weighted by molar-refractivity contribution is 0.111. The standard InChI is InChI=1S/C22H22N4O2.C2H3N/c27-14-20-24-21(26-12-10-23-11-13-26)18-8-9-19(28-22(18)25-20)17-7-3-5-15-4-1-2-6-16(15)17;1-2-3/h1-7,14,19,23H,8-13H2;1H3. The highest BCUT2D eigenvalue weighted by Gasteiger charge is 2.29. The van der Waals surface area contributed by atoms with Gasteiger partial charge in [-0.2, -0.15) is 10.2 Å². The summed E-state index contributed by atoms with van der Waals surface area (Å²) in [4.78, 5) is 22.6. The number of nitrogens with one attached hydrogen (secondary N) is 1. The van der Waals surface area contributed by atoms with Gasteiger partial charge in [0.15, 0.2) is 12.1 Å². The molecule has 2 aliphatic rings. The number of nitrogens with zero attached hydrogens (tertiary/aromatic N) is 4. The zero-order valence-corrected chi connectivity index (χ0v) is 17.5. The van der Waals surface area contributed by atoms with E-state index in [9.17, 15) is 4.79 Å². The van der Waals surface area contributed by atoms with Crippen LogP contribution in [0.4, 0.5) is 5.82 Å². The van der Waals surface area contributed by atoms with Crippen LogP contribution in [-0.4, -0.2) is 42.4 Å². The Bertz CT molecular complexity index is 1110. The van der Waals surface area contributed by atoms with Gasteiger partial charge in [-0.25, -0.2) is 4.98 Å². The quantitative estimate of drug-likeness (QED) is 0.655. The molecule has 31 heavy (non-hydrogen) atoms. The van der Waals surface area contributed by atoms with E-state index in [-0.39, 0.29) is 11.9 Å². The zero-order chi connectivity index (χ0) is 21.6. The predicted octanol–water partition coefficient (Wildman–Crippen LogP) is 3.45. The van der Waals surface area contributed by atoms with Crippen LogP contribution < -0.4 is 15.0 Å². The van der Waals surface area contributed by atoms with E-state index >= 15 is 0 Å². The maximum atomic E-state index is 11.4. The van der Waals surface area contributed by atoms with E-state index < -0.39 is 0 Å². The molecule has 158 valence electrons. The van der Waals surface area contributed by atoms with Gasteiger partial charge in [0.2, 0.25) is 5.88 Å². The van der Waals surface area contributed by atoms with E-state index in [4.69, 9.17) is 10.00 Å². The highest BCUT2D eigenvalue weighted by molar-refractivity contribution is 5.86. The molecule has 1 N–H and O–H groups in total. The molecule has 2 aromatic carbocycles. The second-order valence-corrected chi connectivity index (χ2v) is 7.48. The van der Waals surface area contributed by atoms with Crippen LogP contribution in [0.2, 0.25) is 0 Å². The first-order valence-corrected chi connectivity index (χ1v) is 10.5. The molecule has 1 atom stereocenters. The largest absolute Gasteiger partial charge is 0.469 e. The first kappa shape index (κ1) is 20.8. The van der Waals surface area contributed by atoms with Crippen LogP contribution in [0.1, 0.15) is 41.2 Å². The second kappa shape index (κ2) is 9.54. The Morgan fingerprint density at radius 2 is 1.90 bits per heavy atom. The average molecular weight is 415 g/mol. The number of carbonyl (C=O) groups is 1. The molecule has 3 heterocycles. The zero-order valence-electron chi connectivity index (χ0n) is 17.5. The van der Waals surface area contributed by atoms with Gasteiger partial charge in [-0.3, -0.25) is 4.79 Å². The number of hydrogen-bond donors (Lipinski definition) is 1. The van der Waals surface area contributed by atoms with Crippen LogP contribution in [0.15, 0.2) is 42.5 Å². The maximum Gasteiger partial charge on any atom is 0.223 e. The molecule has 0 radical (unpaired) electrons. The van der Waals surface area contributed by atoms with Gasteiger partial charge < -0.3 is 15.0 Å². The number of rotatable bonds is 3. The van der Waals surface area contributed by atoms with E-state index in [2.05, 4.69) is 56.6 Å². The fourth-order valence-electron chi connectivity index (χ4n) is 4.19. The van der Waals surface area contributed by atoms with Gasteiger partial charge in [0.25, 0.3) is 0 Å². The third kappa shape index (κ3) is 4.35. The minimum atomic E-state index is -0.0797. The van der Waals surface area contributed by atoms with E-state index in [1.54, 1.807) is 6.07 Å². The summed E-state index contributed by atoms with van der Waals surface area (Å²) in [5.74, 6) is 1.59. The number of aldehydes is 1. The number of piperazine rings is 1. The number of anilines is 1. The minimum Gasteiger partial charge on any atom is -0.469 e. The van der Waals surface area contributed by atoms with Gasteiger partial charge in [0.1, 0.15) is 11.9 Å². The number of benzene rings is 2. The molecule has 7 nitrogen and oxygen atoms in total. The molecule has 1 fully saturated rings. The Kier molecular flexibility index (Phi) is 6.39. The van der Waals surface area contributed by atoms with Gasteiger partial charge in [-0.05, 0) is 23.6 Å². The predicted molar refractivity (Wildman–Crippen MR) is 119 cm³/mol. The van der Waals surface area contributed by atoms with Crippen LogP contribution in [-0.2, 0) is 6.42 Å². The van der Waals surface area contributed by atoms with Crippen LogP contribution in [0, 0.1) is 11.3 Å². The van der Waals surface area contributed by atoms with E-state index in [0.717, 1.165) is 50.4 Å². The van der Waals surface area contributed by atoms with Gasteiger partial charge in [-0.15, -0.1) is 0 Å². The van der Waals surface area contributed by atoms with Crippen LogP contribution >= 0.6 is 0 Å². The fraction of sp³-hybridized carbons (Fsp3) is 0.333. The number of hydrogen-bond acceptors (Lipinski definition) is 7. The lowest BCUT2D eigenvalue weighted by Gasteiger charge is -2.33. The van der Waals surface area contributed by atoms with Crippen molar-refractivity contribution in [2.45, 2.75) is 25.9 Å². The Hall–Kier alpha value is -3.50. The molecule has 1 saturated heterocycles. The molecule has 0 bridgehead atoms. The summed E-state index contributed by atoms with van der Waals surface area (Å²) in [6.07, 6.45) is 2.33. The van der Waals surface area contributed by atoms with E-state index in [0.29, 0.717) is 12.2 Å². The van der Waals surface area contributed by atoms with Gasteiger partial charge in [0.05, 0.1) is 11.6 Å². The number of fused-ring (bicyclic) bond motifs is 2. The molecule has 1 aromatic heterocycles. The van der Waals surface area contributed by atoms with Gasteiger partial charge in [0, 0.05) is 38.7 Å². The summed E-state index contributed by atoms with van der Waals surface area (Å²) in [5, 5.41) is 13.1. The van der Waals surface area contributed by atoms with Crippen molar-refractivity contribution in [2.24, 2.45) is 0 Å². The maximum absolute atomic E-state index is 11.4. The Labute approximate surface area is 181 Å². The SMILES string of the molecule is CC#N.O=Cc1nc2c(c(N3CCNCC3)n1)CCC(c1cccc3ccccc13)O2. The number of carbonyl (C=O) groups excluding carboxylic acids is 1. The lowest BCUT2D eigenvalue weighted by Crippen LogP contribution is -2.44. The van der Waals surface area contributed by atoms with Gasteiger partial charge in [-0.1, -0.05) is 42.5 Å². The number of aromatic nitrogens is 2. The summed E-state index contributed by atoms with van der Waals surface area (Å²) < 4.78 is 6.35. The summed E-state index contributed by atoms with van der Waals surface area (Å²) in [6.45, 7) is 4.99. The Morgan fingerprint density at radius 3 is 2.68 bits per heavy atom. The highest BCUT2D eigenvalue weighted by atomic mass is 16.5. The molecule has 0 spiro atoms. The Morgan fingerprint density at radius 1 is 1.16 bits per heavy atom. The summed E-state index contributed by atoms with van der Waals surface area (Å²) in [6, 6.07) is 16.4. The van der Waals surface area contributed by atoms with Crippen molar-refractivity contribution >= 4 is 22.9 Å². The molecule has 0 aliphatic carbocycles. The van der Waals surface area contributed by atoms with Crippen molar-refractivity contribution in [1.82, 2.24) is 15.3 Å². The molecule has 1 unspecified atom stereocenters. The first-order valence-electron chi connectivity index (χ1n) is 10.5. The third-order valence-corrected chi connectivity index (χ3v) is 5.57. The number of nitriles is 1. The van der Waals surface area contributed by atoms with Gasteiger partial charge >= 0.3 is 0 Å². The number of ether oxygens (including phenoxy) is 1. The lowest BCUT2D eigenvalue weighted by atomic mass is 9.94.